The van der Waals surface area contributed by atoms with Crippen LogP contribution in [0.3, 0.4) is 0 Å². The van der Waals surface area contributed by atoms with Crippen LogP contribution in [0.4, 0.5) is 0 Å². The quantitative estimate of drug-likeness (QED) is 0.204. The molecule has 54 valence electrons. The summed E-state index contributed by atoms with van der Waals surface area (Å²) in [7, 11) is -7.87. The van der Waals surface area contributed by atoms with Crippen LogP contribution in [0.15, 0.2) is 0 Å². The Hall–Kier alpha value is 0.980. The van der Waals surface area contributed by atoms with Crippen LogP contribution in [0.25, 0.3) is 0 Å². The maximum absolute atomic E-state index is 9.34. The molecule has 0 aromatic carbocycles. The van der Waals surface area contributed by atoms with Gasteiger partial charge in [-0.3, -0.25) is 9.11 Å². The Balaban J connectivity index is -0.000000180. The van der Waals surface area contributed by atoms with Gasteiger partial charge in [0.1, 0.15) is 0 Å². The summed E-state index contributed by atoms with van der Waals surface area (Å²) in [5.41, 5.74) is 0. The van der Waals surface area contributed by atoms with Crippen molar-refractivity contribution >= 4 is 48.8 Å². The first-order valence-corrected chi connectivity index (χ1v) is 4.10. The average Bonchev–Trinajstić information content (AvgIpc) is 1.31. The molecule has 0 aromatic rings. The molecule has 1 atom stereocenters. The first kappa shape index (κ1) is 16.5. The second-order valence-electron chi connectivity index (χ2n) is 0.645. The predicted octanol–water partition coefficient (Wildman–Crippen LogP) is -2.46. The molecule has 0 amide bonds. The molecule has 9 heavy (non-hydrogen) atoms. The Kier molecular flexibility index (Phi) is 10.5. The van der Waals surface area contributed by atoms with E-state index in [0.29, 0.717) is 0 Å². The van der Waals surface area contributed by atoms with E-state index in [1.165, 1.54) is 0 Å². The van der Waals surface area contributed by atoms with E-state index in [1.807, 2.05) is 0 Å². The van der Waals surface area contributed by atoms with Crippen LogP contribution in [0, 0.1) is 0 Å². The van der Waals surface area contributed by atoms with Crippen LogP contribution in [-0.4, -0.2) is 56.8 Å². The van der Waals surface area contributed by atoms with Gasteiger partial charge in [-0.1, -0.05) is 0 Å². The Morgan fingerprint density at radius 3 is 1.44 bits per heavy atom. The van der Waals surface area contributed by atoms with E-state index >= 15 is 0 Å². The number of hydrogen-bond acceptors (Lipinski definition) is 3. The molecule has 0 radical (unpaired) electrons. The molecule has 1 unspecified atom stereocenters. The van der Waals surface area contributed by atoms with E-state index in [2.05, 4.69) is 0 Å². The van der Waals surface area contributed by atoms with Gasteiger partial charge in [0.2, 0.25) is 0 Å². The fourth-order valence-corrected chi connectivity index (χ4v) is 0. The predicted molar refractivity (Wildman–Crippen MR) is 33.1 cm³/mol. The topological polar surface area (TPSA) is 123 Å². The second kappa shape index (κ2) is 5.74. The minimum absolute atomic E-state index is 0. The van der Waals surface area contributed by atoms with Gasteiger partial charge in [-0.25, -0.2) is 4.21 Å². The van der Waals surface area contributed by atoms with Crippen molar-refractivity contribution in [3.05, 3.63) is 0 Å². The molecule has 0 saturated heterocycles. The summed E-state index contributed by atoms with van der Waals surface area (Å²) in [5, 5.41) is 0. The monoisotopic (exact) mass is 188 g/mol. The molecule has 0 rings (SSSR count). The molecule has 0 aliphatic carbocycles. The third-order valence-corrected chi connectivity index (χ3v) is 1.62. The Morgan fingerprint density at radius 1 is 1.33 bits per heavy atom. The average molecular weight is 188 g/mol. The molecule has 0 bridgehead atoms. The molecule has 6 nitrogen and oxygen atoms in total. The zero-order valence-corrected chi connectivity index (χ0v) is 5.07. The summed E-state index contributed by atoms with van der Waals surface area (Å²) in [6.45, 7) is 0. The van der Waals surface area contributed by atoms with Gasteiger partial charge in [-0.2, -0.15) is 8.42 Å². The van der Waals surface area contributed by atoms with Crippen LogP contribution in [0.2, 0.25) is 0 Å². The normalized spacial score (nSPS) is 12.7. The first-order chi connectivity index (χ1) is 2.94. The van der Waals surface area contributed by atoms with Crippen LogP contribution >= 0.6 is 0 Å². The summed E-state index contributed by atoms with van der Waals surface area (Å²) in [6.07, 6.45) is 0. The van der Waals surface area contributed by atoms with Gasteiger partial charge in [0.15, 0.2) is 0 Å². The van der Waals surface area contributed by atoms with Gasteiger partial charge >= 0.3 is 48.8 Å². The summed E-state index contributed by atoms with van der Waals surface area (Å²) in [5.74, 6) is 0. The summed E-state index contributed by atoms with van der Waals surface area (Å²) in [6, 6.07) is 0. The third kappa shape index (κ3) is 8.98. The van der Waals surface area contributed by atoms with Crippen LogP contribution in [0.5, 0.6) is 0 Å². The molecule has 0 aliphatic rings. The van der Waals surface area contributed by atoms with Crippen molar-refractivity contribution in [2.75, 3.05) is 0 Å². The van der Waals surface area contributed by atoms with Crippen molar-refractivity contribution in [2.45, 2.75) is 0 Å². The van der Waals surface area contributed by atoms with Gasteiger partial charge in [0, 0.05) is 0 Å². The van der Waals surface area contributed by atoms with Crippen molar-refractivity contribution in [3.63, 3.8) is 0 Å². The molecule has 0 saturated carbocycles. The molecule has 0 fully saturated rings. The molecule has 0 heterocycles. The van der Waals surface area contributed by atoms with Crippen LogP contribution < -0.4 is 0 Å². The minimum atomic E-state index is -4.71. The van der Waals surface area contributed by atoms with Crippen molar-refractivity contribution < 1.29 is 27.2 Å². The van der Waals surface area contributed by atoms with E-state index in [0.717, 1.165) is 0 Å². The summed E-state index contributed by atoms with van der Waals surface area (Å²) < 4.78 is 43.0. The fourth-order valence-electron chi connectivity index (χ4n) is 0. The molecule has 0 spiro atoms. The van der Waals surface area contributed by atoms with E-state index in [1.54, 1.807) is 0 Å². The molecule has 4 N–H and O–H groups in total. The first-order valence-electron chi connectivity index (χ1n) is 1.03. The van der Waals surface area contributed by atoms with Gasteiger partial charge < -0.3 is 5.48 Å². The molecular formula is H5NaO6S2. The van der Waals surface area contributed by atoms with Crippen molar-refractivity contribution in [2.24, 2.45) is 0 Å². The summed E-state index contributed by atoms with van der Waals surface area (Å²) >= 11 is 0. The Morgan fingerprint density at radius 2 is 1.44 bits per heavy atom. The van der Waals surface area contributed by atoms with Crippen molar-refractivity contribution in [1.82, 2.24) is 0 Å². The van der Waals surface area contributed by atoms with Crippen molar-refractivity contribution in [1.29, 1.82) is 0 Å². The molecule has 0 aliphatic heterocycles. The maximum atomic E-state index is 9.34. The zero-order valence-electron chi connectivity index (χ0n) is 3.44. The SMILES string of the molecule is O.O=S(O)S(=O)(=O)O.[NaH]. The van der Waals surface area contributed by atoms with Crippen LogP contribution in [-0.2, 0) is 19.3 Å². The Labute approximate surface area is 75.7 Å². The summed E-state index contributed by atoms with van der Waals surface area (Å²) in [4.78, 5) is 0. The van der Waals surface area contributed by atoms with Gasteiger partial charge in [-0.15, -0.1) is 0 Å². The molecule has 0 aromatic heterocycles. The fraction of sp³-hybridized carbons (Fsp3) is 0. The standard InChI is InChI=1S/Na.H2O5S2.H2O.H/c;1-6(2)7(3,4)5;;/h;(H,1,2)(H,3,4,5);1H2;. The van der Waals surface area contributed by atoms with E-state index in [-0.39, 0.29) is 35.0 Å². The third-order valence-electron chi connectivity index (χ3n) is 0.180. The van der Waals surface area contributed by atoms with E-state index < -0.39 is 19.3 Å². The van der Waals surface area contributed by atoms with Crippen molar-refractivity contribution in [3.8, 4) is 0 Å². The van der Waals surface area contributed by atoms with Gasteiger partial charge in [-0.05, 0) is 0 Å². The second-order valence-corrected chi connectivity index (χ2v) is 4.05. The molecular weight excluding hydrogens is 183 g/mol. The van der Waals surface area contributed by atoms with E-state index in [9.17, 15) is 12.6 Å². The number of rotatable bonds is 1. The number of hydrogen-bond donors (Lipinski definition) is 2. The molecule has 9 heteroatoms. The van der Waals surface area contributed by atoms with Gasteiger partial charge in [0.25, 0.3) is 0 Å². The van der Waals surface area contributed by atoms with Gasteiger partial charge in [0.05, 0.1) is 0 Å². The van der Waals surface area contributed by atoms with E-state index in [4.69, 9.17) is 9.11 Å². The Bertz CT molecular complexity index is 165. The zero-order chi connectivity index (χ0) is 6.08. The van der Waals surface area contributed by atoms with Crippen LogP contribution in [0.1, 0.15) is 0 Å².